The van der Waals surface area contributed by atoms with Crippen LogP contribution in [0.25, 0.3) is 5.69 Å². The van der Waals surface area contributed by atoms with E-state index in [9.17, 15) is 19.2 Å². The van der Waals surface area contributed by atoms with Crippen molar-refractivity contribution in [2.75, 3.05) is 11.1 Å². The van der Waals surface area contributed by atoms with Crippen LogP contribution in [0, 0.1) is 0 Å². The number of nitrogens with two attached hydrogens (primary N) is 1. The minimum atomic E-state index is -0.657. The Labute approximate surface area is 168 Å². The van der Waals surface area contributed by atoms with Crippen LogP contribution in [0.2, 0.25) is 5.02 Å². The molecule has 2 aromatic carbocycles. The maximum Gasteiger partial charge on any atom is 0.262 e. The zero-order valence-electron chi connectivity index (χ0n) is 14.7. The molecule has 0 fully saturated rings. The average Bonchev–Trinajstić information content (AvgIpc) is 2.97. The fourth-order valence-electron chi connectivity index (χ4n) is 3.04. The molecule has 8 nitrogen and oxygen atoms in total. The summed E-state index contributed by atoms with van der Waals surface area (Å²) in [5.74, 6) is -1.81. The Balaban J connectivity index is 1.65. The number of benzene rings is 2. The van der Waals surface area contributed by atoms with Gasteiger partial charge in [-0.2, -0.15) is 0 Å². The van der Waals surface area contributed by atoms with Gasteiger partial charge in [-0.25, -0.2) is 0 Å². The van der Waals surface area contributed by atoms with Crippen LogP contribution in [-0.2, 0) is 0 Å². The van der Waals surface area contributed by atoms with Gasteiger partial charge in [0.2, 0.25) is 0 Å². The predicted molar refractivity (Wildman–Crippen MR) is 108 cm³/mol. The number of hydrogen-bond donors (Lipinski definition) is 3. The van der Waals surface area contributed by atoms with Crippen molar-refractivity contribution in [2.24, 2.45) is 0 Å². The number of pyridine rings is 1. The van der Waals surface area contributed by atoms with Gasteiger partial charge in [0.1, 0.15) is 5.82 Å². The van der Waals surface area contributed by atoms with Gasteiger partial charge in [0.05, 0.1) is 16.8 Å². The summed E-state index contributed by atoms with van der Waals surface area (Å²) in [6, 6.07) is 13.8. The first kappa shape index (κ1) is 18.5. The molecule has 2 heterocycles. The third kappa shape index (κ3) is 3.26. The van der Waals surface area contributed by atoms with Crippen LogP contribution in [-0.4, -0.2) is 22.3 Å². The average molecular weight is 409 g/mol. The van der Waals surface area contributed by atoms with Gasteiger partial charge in [-0.05, 0) is 48.5 Å². The van der Waals surface area contributed by atoms with E-state index in [2.05, 4.69) is 10.6 Å². The highest BCUT2D eigenvalue weighted by molar-refractivity contribution is 6.30. The molecule has 29 heavy (non-hydrogen) atoms. The molecular weight excluding hydrogens is 396 g/mol. The van der Waals surface area contributed by atoms with E-state index in [0.717, 1.165) is 10.6 Å². The lowest BCUT2D eigenvalue weighted by atomic mass is 10.1. The number of imide groups is 1. The molecule has 0 saturated carbocycles. The van der Waals surface area contributed by atoms with Crippen molar-refractivity contribution in [3.05, 3.63) is 86.7 Å². The van der Waals surface area contributed by atoms with E-state index in [0.29, 0.717) is 22.0 Å². The van der Waals surface area contributed by atoms with Crippen molar-refractivity contribution >= 4 is 40.8 Å². The van der Waals surface area contributed by atoms with Crippen molar-refractivity contribution in [1.82, 2.24) is 9.88 Å². The van der Waals surface area contributed by atoms with Gasteiger partial charge in [0.25, 0.3) is 23.3 Å². The smallest absolute Gasteiger partial charge is 0.262 e. The lowest BCUT2D eigenvalue weighted by Crippen LogP contribution is -2.24. The van der Waals surface area contributed by atoms with Crippen LogP contribution < -0.4 is 21.9 Å². The number of nitrogens with zero attached hydrogens (tertiary/aromatic N) is 1. The van der Waals surface area contributed by atoms with E-state index >= 15 is 0 Å². The number of nitrogen functional groups attached to an aromatic ring is 1. The SMILES string of the molecule is Nc1c2c(cc(=O)n1-c1ccc(C(=O)Nc3ccc(Cl)cc3)cc1)C(=O)NC2=O. The minimum absolute atomic E-state index is 0.0424. The quantitative estimate of drug-likeness (QED) is 0.573. The fourth-order valence-corrected chi connectivity index (χ4v) is 3.17. The van der Waals surface area contributed by atoms with Crippen molar-refractivity contribution in [3.63, 3.8) is 0 Å². The van der Waals surface area contributed by atoms with Gasteiger partial charge in [-0.3, -0.25) is 29.1 Å². The topological polar surface area (TPSA) is 123 Å². The summed E-state index contributed by atoms with van der Waals surface area (Å²) in [6.07, 6.45) is 0. The molecule has 0 unspecified atom stereocenters. The fraction of sp³-hybridized carbons (Fsp3) is 0. The number of fused-ring (bicyclic) bond motifs is 1. The molecule has 3 aromatic rings. The molecule has 3 amide bonds. The number of carbonyl (C=O) groups excluding carboxylic acids is 3. The molecule has 0 saturated heterocycles. The van der Waals surface area contributed by atoms with Gasteiger partial charge in [-0.1, -0.05) is 11.6 Å². The predicted octanol–water partition coefficient (Wildman–Crippen LogP) is 2.21. The first-order chi connectivity index (χ1) is 13.8. The Morgan fingerprint density at radius 3 is 2.28 bits per heavy atom. The van der Waals surface area contributed by atoms with Crippen molar-refractivity contribution in [2.45, 2.75) is 0 Å². The molecule has 0 spiro atoms. The van der Waals surface area contributed by atoms with Gasteiger partial charge in [0.15, 0.2) is 0 Å². The zero-order valence-corrected chi connectivity index (χ0v) is 15.5. The lowest BCUT2D eigenvalue weighted by molar-refractivity contribution is 0.0879. The summed E-state index contributed by atoms with van der Waals surface area (Å²) >= 11 is 5.82. The van der Waals surface area contributed by atoms with Gasteiger partial charge in [0, 0.05) is 22.3 Å². The Hall–Kier alpha value is -3.91. The van der Waals surface area contributed by atoms with Crippen LogP contribution in [0.5, 0.6) is 0 Å². The molecule has 1 aromatic heterocycles. The van der Waals surface area contributed by atoms with Gasteiger partial charge < -0.3 is 11.1 Å². The van der Waals surface area contributed by atoms with Crippen LogP contribution in [0.15, 0.2) is 59.4 Å². The van der Waals surface area contributed by atoms with E-state index in [-0.39, 0.29) is 22.9 Å². The number of carbonyl (C=O) groups is 3. The summed E-state index contributed by atoms with van der Waals surface area (Å²) in [4.78, 5) is 48.5. The molecule has 0 atom stereocenters. The normalized spacial score (nSPS) is 12.4. The summed E-state index contributed by atoms with van der Waals surface area (Å²) in [5, 5.41) is 5.39. The van der Waals surface area contributed by atoms with Crippen molar-refractivity contribution < 1.29 is 14.4 Å². The first-order valence-electron chi connectivity index (χ1n) is 8.44. The van der Waals surface area contributed by atoms with Crippen LogP contribution in [0.4, 0.5) is 11.5 Å². The van der Waals surface area contributed by atoms with Crippen LogP contribution in [0.3, 0.4) is 0 Å². The van der Waals surface area contributed by atoms with E-state index in [4.69, 9.17) is 17.3 Å². The molecule has 0 bridgehead atoms. The molecule has 9 heteroatoms. The second-order valence-corrected chi connectivity index (χ2v) is 6.72. The summed E-state index contributed by atoms with van der Waals surface area (Å²) < 4.78 is 1.11. The minimum Gasteiger partial charge on any atom is -0.384 e. The van der Waals surface area contributed by atoms with Crippen molar-refractivity contribution in [3.8, 4) is 5.69 Å². The van der Waals surface area contributed by atoms with E-state index in [1.54, 1.807) is 24.3 Å². The third-order valence-corrected chi connectivity index (χ3v) is 4.70. The Kier molecular flexibility index (Phi) is 4.40. The number of amides is 3. The van der Waals surface area contributed by atoms with Crippen LogP contribution in [0.1, 0.15) is 31.1 Å². The number of halogens is 1. The first-order valence-corrected chi connectivity index (χ1v) is 8.81. The summed E-state index contributed by atoms with van der Waals surface area (Å²) in [7, 11) is 0. The third-order valence-electron chi connectivity index (χ3n) is 4.44. The molecule has 0 radical (unpaired) electrons. The maximum atomic E-state index is 12.4. The Bertz CT molecular complexity index is 1230. The second kappa shape index (κ2) is 6.92. The Morgan fingerprint density at radius 2 is 1.62 bits per heavy atom. The molecule has 4 rings (SSSR count). The summed E-state index contributed by atoms with van der Waals surface area (Å²) in [6.45, 7) is 0. The van der Waals surface area contributed by atoms with Gasteiger partial charge >= 0.3 is 0 Å². The highest BCUT2D eigenvalue weighted by Gasteiger charge is 2.31. The van der Waals surface area contributed by atoms with Gasteiger partial charge in [-0.15, -0.1) is 0 Å². The highest BCUT2D eigenvalue weighted by Crippen LogP contribution is 2.23. The van der Waals surface area contributed by atoms with Crippen molar-refractivity contribution in [1.29, 1.82) is 0 Å². The number of anilines is 2. The molecule has 1 aliphatic rings. The molecule has 4 N–H and O–H groups in total. The molecular formula is C20H13ClN4O4. The van der Waals surface area contributed by atoms with E-state index in [1.165, 1.54) is 24.3 Å². The monoisotopic (exact) mass is 408 g/mol. The number of aromatic nitrogens is 1. The lowest BCUT2D eigenvalue weighted by Gasteiger charge is -2.12. The summed E-state index contributed by atoms with van der Waals surface area (Å²) in [5.41, 5.74) is 6.62. The number of rotatable bonds is 3. The zero-order chi connectivity index (χ0) is 20.7. The van der Waals surface area contributed by atoms with Crippen LogP contribution >= 0.6 is 11.6 Å². The highest BCUT2D eigenvalue weighted by atomic mass is 35.5. The number of hydrogen-bond acceptors (Lipinski definition) is 5. The molecule has 144 valence electrons. The van der Waals surface area contributed by atoms with E-state index in [1.807, 2.05) is 0 Å². The Morgan fingerprint density at radius 1 is 0.966 bits per heavy atom. The molecule has 0 aliphatic carbocycles. The standard InChI is InChI=1S/C20H13ClN4O4/c21-11-3-5-12(6-4-11)23-18(27)10-1-7-13(8-2-10)25-15(26)9-14-16(17(25)22)20(29)24-19(14)28/h1-9H,22H2,(H,23,27)(H,24,28,29). The largest absolute Gasteiger partial charge is 0.384 e. The maximum absolute atomic E-state index is 12.4. The second-order valence-electron chi connectivity index (χ2n) is 6.28. The number of nitrogens with one attached hydrogen (secondary N) is 2. The van der Waals surface area contributed by atoms with E-state index < -0.39 is 17.4 Å². The molecule has 1 aliphatic heterocycles.